The Morgan fingerprint density at radius 1 is 0.852 bits per heavy atom. The molecule has 5 heteroatoms. The molecule has 0 aromatic heterocycles. The Morgan fingerprint density at radius 3 is 2.11 bits per heavy atom. The highest BCUT2D eigenvalue weighted by atomic mass is 28.4. The molecule has 1 N–H and O–H groups in total. The molecule has 148 valence electrons. The van der Waals surface area contributed by atoms with Gasteiger partial charge in [0.1, 0.15) is 5.75 Å². The molecule has 2 aromatic rings. The molecule has 0 aliphatic carbocycles. The SMILES string of the molecule is CCCCc1ccc(-c2ccc(O)cc2CCC[Si](OC)(OC)OC)cc1. The Morgan fingerprint density at radius 2 is 1.52 bits per heavy atom. The molecule has 0 unspecified atom stereocenters. The summed E-state index contributed by atoms with van der Waals surface area (Å²) in [6.45, 7) is 2.21. The molecule has 0 aliphatic heterocycles. The third kappa shape index (κ3) is 5.91. The number of aryl methyl sites for hydroxylation is 2. The van der Waals surface area contributed by atoms with Gasteiger partial charge < -0.3 is 18.4 Å². The van der Waals surface area contributed by atoms with Gasteiger partial charge in [-0.15, -0.1) is 0 Å². The second kappa shape index (κ2) is 10.6. The van der Waals surface area contributed by atoms with Gasteiger partial charge in [0, 0.05) is 27.4 Å². The number of rotatable bonds is 11. The summed E-state index contributed by atoms with van der Waals surface area (Å²) in [6, 6.07) is 15.1. The van der Waals surface area contributed by atoms with E-state index in [0.717, 1.165) is 36.4 Å². The highest BCUT2D eigenvalue weighted by molar-refractivity contribution is 6.60. The van der Waals surface area contributed by atoms with Crippen LogP contribution < -0.4 is 0 Å². The van der Waals surface area contributed by atoms with Crippen molar-refractivity contribution < 1.29 is 18.4 Å². The third-order valence-corrected chi connectivity index (χ3v) is 7.87. The van der Waals surface area contributed by atoms with Crippen LogP contribution in [-0.4, -0.2) is 35.2 Å². The lowest BCUT2D eigenvalue weighted by Crippen LogP contribution is -2.42. The van der Waals surface area contributed by atoms with Crippen LogP contribution in [0.1, 0.15) is 37.3 Å². The summed E-state index contributed by atoms with van der Waals surface area (Å²) in [5.41, 5.74) is 4.84. The second-order valence-corrected chi connectivity index (χ2v) is 9.88. The van der Waals surface area contributed by atoms with E-state index >= 15 is 0 Å². The van der Waals surface area contributed by atoms with E-state index in [1.54, 1.807) is 27.4 Å². The molecule has 0 heterocycles. The number of unbranched alkanes of at least 4 members (excludes halogenated alkanes) is 1. The van der Waals surface area contributed by atoms with E-state index < -0.39 is 8.80 Å². The number of hydrogen-bond acceptors (Lipinski definition) is 4. The molecule has 0 aliphatic rings. The van der Waals surface area contributed by atoms with Gasteiger partial charge >= 0.3 is 8.80 Å². The Labute approximate surface area is 164 Å². The summed E-state index contributed by atoms with van der Waals surface area (Å²) in [4.78, 5) is 0. The van der Waals surface area contributed by atoms with Gasteiger partial charge in [0.05, 0.1) is 0 Å². The molecule has 27 heavy (non-hydrogen) atoms. The van der Waals surface area contributed by atoms with Crippen molar-refractivity contribution in [3.8, 4) is 16.9 Å². The number of phenols is 1. The van der Waals surface area contributed by atoms with Crippen molar-refractivity contribution in [1.82, 2.24) is 0 Å². The van der Waals surface area contributed by atoms with Gasteiger partial charge in [0.15, 0.2) is 0 Å². The van der Waals surface area contributed by atoms with Gasteiger partial charge in [0.25, 0.3) is 0 Å². The maximum atomic E-state index is 9.96. The van der Waals surface area contributed by atoms with Gasteiger partial charge in [-0.3, -0.25) is 0 Å². The minimum Gasteiger partial charge on any atom is -0.508 e. The molecule has 0 spiro atoms. The normalized spacial score (nSPS) is 11.7. The number of aromatic hydroxyl groups is 1. The smallest absolute Gasteiger partial charge is 0.500 e. The van der Waals surface area contributed by atoms with Crippen LogP contribution in [0.4, 0.5) is 0 Å². The summed E-state index contributed by atoms with van der Waals surface area (Å²) in [5.74, 6) is 0.294. The minimum absolute atomic E-state index is 0.294. The van der Waals surface area contributed by atoms with E-state index in [1.165, 1.54) is 24.0 Å². The molecule has 0 radical (unpaired) electrons. The van der Waals surface area contributed by atoms with Gasteiger partial charge in [-0.1, -0.05) is 43.7 Å². The average molecular weight is 389 g/mol. The van der Waals surface area contributed by atoms with Crippen LogP contribution in [0.25, 0.3) is 11.1 Å². The summed E-state index contributed by atoms with van der Waals surface area (Å²) in [7, 11) is 2.35. The van der Waals surface area contributed by atoms with Crippen molar-refractivity contribution in [3.63, 3.8) is 0 Å². The topological polar surface area (TPSA) is 47.9 Å². The number of hydrogen-bond donors (Lipinski definition) is 1. The average Bonchev–Trinajstić information content (AvgIpc) is 2.71. The van der Waals surface area contributed by atoms with E-state index in [-0.39, 0.29) is 0 Å². The lowest BCUT2D eigenvalue weighted by Gasteiger charge is -2.24. The van der Waals surface area contributed by atoms with Crippen molar-refractivity contribution in [3.05, 3.63) is 53.6 Å². The second-order valence-electron chi connectivity index (χ2n) is 6.79. The fourth-order valence-corrected chi connectivity index (χ4v) is 5.07. The quantitative estimate of drug-likeness (QED) is 0.537. The van der Waals surface area contributed by atoms with E-state index in [1.807, 2.05) is 12.1 Å². The van der Waals surface area contributed by atoms with Crippen molar-refractivity contribution in [2.45, 2.75) is 45.1 Å². The minimum atomic E-state index is -2.56. The zero-order valence-electron chi connectivity index (χ0n) is 17.0. The molecule has 0 saturated carbocycles. The predicted molar refractivity (Wildman–Crippen MR) is 112 cm³/mol. The van der Waals surface area contributed by atoms with Crippen LogP contribution in [-0.2, 0) is 26.1 Å². The molecule has 0 bridgehead atoms. The molecule has 0 saturated heterocycles. The predicted octanol–water partition coefficient (Wildman–Crippen LogP) is 5.21. The first kappa shape index (κ1) is 21.6. The van der Waals surface area contributed by atoms with Crippen LogP contribution in [0, 0.1) is 0 Å². The molecule has 0 atom stereocenters. The number of benzene rings is 2. The van der Waals surface area contributed by atoms with E-state index in [4.69, 9.17) is 13.3 Å². The zero-order chi connectivity index (χ0) is 19.7. The molecule has 0 fully saturated rings. The monoisotopic (exact) mass is 388 g/mol. The first-order chi connectivity index (χ1) is 13.1. The molecular weight excluding hydrogens is 356 g/mol. The largest absolute Gasteiger partial charge is 0.508 e. The van der Waals surface area contributed by atoms with Gasteiger partial charge in [0.2, 0.25) is 0 Å². The maximum Gasteiger partial charge on any atom is 0.500 e. The summed E-state index contributed by atoms with van der Waals surface area (Å²) in [5, 5.41) is 9.96. The molecular formula is C22H32O4Si. The van der Waals surface area contributed by atoms with Gasteiger partial charge in [-0.05, 0) is 60.1 Å². The lowest BCUT2D eigenvalue weighted by molar-refractivity contribution is 0.123. The van der Waals surface area contributed by atoms with Crippen molar-refractivity contribution in [2.75, 3.05) is 21.3 Å². The molecule has 0 amide bonds. The summed E-state index contributed by atoms with van der Waals surface area (Å²) in [6.07, 6.45) is 5.24. The Bertz CT molecular complexity index is 688. The zero-order valence-corrected chi connectivity index (χ0v) is 18.0. The highest BCUT2D eigenvalue weighted by Crippen LogP contribution is 2.29. The van der Waals surface area contributed by atoms with Crippen LogP contribution in [0.3, 0.4) is 0 Å². The van der Waals surface area contributed by atoms with Crippen LogP contribution >= 0.6 is 0 Å². The fourth-order valence-electron chi connectivity index (χ4n) is 3.35. The molecule has 4 nitrogen and oxygen atoms in total. The van der Waals surface area contributed by atoms with Crippen LogP contribution in [0.15, 0.2) is 42.5 Å². The van der Waals surface area contributed by atoms with Crippen LogP contribution in [0.5, 0.6) is 5.75 Å². The Kier molecular flexibility index (Phi) is 8.51. The van der Waals surface area contributed by atoms with Crippen molar-refractivity contribution >= 4 is 8.80 Å². The fraction of sp³-hybridized carbons (Fsp3) is 0.455. The molecule has 2 aromatic carbocycles. The number of phenolic OH excluding ortho intramolecular Hbond substituents is 1. The maximum absolute atomic E-state index is 9.96. The summed E-state index contributed by atoms with van der Waals surface area (Å²) < 4.78 is 16.5. The van der Waals surface area contributed by atoms with Crippen molar-refractivity contribution in [1.29, 1.82) is 0 Å². The first-order valence-corrected chi connectivity index (χ1v) is 11.6. The standard InChI is InChI=1S/C22H32O4Si/c1-5-6-8-18-10-12-19(13-11-18)22-15-14-21(23)17-20(22)9-7-16-27(24-2,25-3)26-4/h10-15,17,23H,5-9,16H2,1-4H3. The van der Waals surface area contributed by atoms with Crippen molar-refractivity contribution in [2.24, 2.45) is 0 Å². The lowest BCUT2D eigenvalue weighted by atomic mass is 9.95. The Hall–Kier alpha value is -1.66. The van der Waals surface area contributed by atoms with E-state index in [2.05, 4.69) is 31.2 Å². The molecule has 2 rings (SSSR count). The first-order valence-electron chi connectivity index (χ1n) is 9.64. The van der Waals surface area contributed by atoms with Gasteiger partial charge in [-0.2, -0.15) is 0 Å². The van der Waals surface area contributed by atoms with Crippen LogP contribution in [0.2, 0.25) is 6.04 Å². The van der Waals surface area contributed by atoms with Gasteiger partial charge in [-0.25, -0.2) is 0 Å². The van der Waals surface area contributed by atoms with E-state index in [0.29, 0.717) is 5.75 Å². The van der Waals surface area contributed by atoms with E-state index in [9.17, 15) is 5.11 Å². The Balaban J connectivity index is 2.14. The third-order valence-electron chi connectivity index (χ3n) is 5.03. The summed E-state index contributed by atoms with van der Waals surface area (Å²) >= 11 is 0. The highest BCUT2D eigenvalue weighted by Gasteiger charge is 2.36.